The topological polar surface area (TPSA) is 122 Å². The molecule has 0 fully saturated rings. The van der Waals surface area contributed by atoms with E-state index in [1.165, 1.54) is 4.57 Å². The first kappa shape index (κ1) is 19.2. The van der Waals surface area contributed by atoms with E-state index in [4.69, 9.17) is 18.4 Å². The van der Waals surface area contributed by atoms with E-state index in [1.807, 2.05) is 0 Å². The van der Waals surface area contributed by atoms with Crippen LogP contribution in [0.5, 0.6) is 11.5 Å². The van der Waals surface area contributed by atoms with E-state index in [9.17, 15) is 9.59 Å². The summed E-state index contributed by atoms with van der Waals surface area (Å²) in [6, 6.07) is 12.3. The zero-order chi connectivity index (χ0) is 21.1. The van der Waals surface area contributed by atoms with Gasteiger partial charge < -0.3 is 23.7 Å². The van der Waals surface area contributed by atoms with Gasteiger partial charge in [0.25, 0.3) is 0 Å². The van der Waals surface area contributed by atoms with Gasteiger partial charge >= 0.3 is 17.6 Å². The molecule has 0 unspecified atom stereocenters. The monoisotopic (exact) mass is 410 g/mol. The van der Waals surface area contributed by atoms with Gasteiger partial charge in [0, 0.05) is 12.1 Å². The number of nitrogens with zero attached hydrogens (tertiary/aromatic N) is 3. The highest BCUT2D eigenvalue weighted by Gasteiger charge is 2.18. The second kappa shape index (κ2) is 8.11. The third kappa shape index (κ3) is 3.75. The molecule has 2 aromatic carbocycles. The Balaban J connectivity index is 1.47. The van der Waals surface area contributed by atoms with Gasteiger partial charge in [-0.3, -0.25) is 9.36 Å². The van der Waals surface area contributed by atoms with Crippen molar-refractivity contribution in [2.45, 2.75) is 13.1 Å². The summed E-state index contributed by atoms with van der Waals surface area (Å²) in [5, 5.41) is 6.48. The summed E-state index contributed by atoms with van der Waals surface area (Å²) in [5.74, 6) is 0.104. The summed E-state index contributed by atoms with van der Waals surface area (Å²) < 4.78 is 22.1. The van der Waals surface area contributed by atoms with Gasteiger partial charge in [0.2, 0.25) is 0 Å². The molecule has 4 aromatic rings. The SMILES string of the molecule is COc1ccc(OC)c(CNC(=O)c2nc(Cn3c(=O)oc4ccccc43)no2)c1. The lowest BCUT2D eigenvalue weighted by atomic mass is 10.2. The number of hydrogen-bond acceptors (Lipinski definition) is 8. The molecular formula is C20H18N4O6. The Labute approximate surface area is 170 Å². The van der Waals surface area contributed by atoms with Gasteiger partial charge in [0.1, 0.15) is 11.5 Å². The summed E-state index contributed by atoms with van der Waals surface area (Å²) in [4.78, 5) is 28.5. The number of rotatable bonds is 7. The molecule has 1 amide bonds. The molecule has 30 heavy (non-hydrogen) atoms. The summed E-state index contributed by atoms with van der Waals surface area (Å²) in [6.07, 6.45) is 0. The molecule has 0 atom stereocenters. The maximum absolute atomic E-state index is 12.4. The molecule has 0 bridgehead atoms. The van der Waals surface area contributed by atoms with Gasteiger partial charge in [0.15, 0.2) is 11.4 Å². The Morgan fingerprint density at radius 2 is 2.00 bits per heavy atom. The van der Waals surface area contributed by atoms with Crippen molar-refractivity contribution in [2.24, 2.45) is 0 Å². The maximum Gasteiger partial charge on any atom is 0.420 e. The lowest BCUT2D eigenvalue weighted by molar-refractivity contribution is 0.0906. The number of hydrogen-bond donors (Lipinski definition) is 1. The number of aromatic nitrogens is 3. The highest BCUT2D eigenvalue weighted by Crippen LogP contribution is 2.23. The minimum atomic E-state index is -0.553. The number of benzene rings is 2. The van der Waals surface area contributed by atoms with Gasteiger partial charge in [-0.25, -0.2) is 4.79 Å². The molecule has 0 aliphatic rings. The molecule has 0 spiro atoms. The van der Waals surface area contributed by atoms with Crippen LogP contribution < -0.4 is 20.5 Å². The predicted octanol–water partition coefficient (Wildman–Crippen LogP) is 1.97. The van der Waals surface area contributed by atoms with Crippen LogP contribution in [-0.4, -0.2) is 34.8 Å². The fraction of sp³-hybridized carbons (Fsp3) is 0.200. The Kier molecular flexibility index (Phi) is 5.21. The highest BCUT2D eigenvalue weighted by atomic mass is 16.5. The van der Waals surface area contributed by atoms with Gasteiger partial charge in [-0.1, -0.05) is 17.3 Å². The Bertz CT molecular complexity index is 1260. The van der Waals surface area contributed by atoms with Crippen LogP contribution in [-0.2, 0) is 13.1 Å². The number of para-hydroxylation sites is 2. The third-order valence-corrected chi connectivity index (χ3v) is 4.46. The molecule has 0 aliphatic heterocycles. The standard InChI is InChI=1S/C20H18N4O6/c1-27-13-7-8-15(28-2)12(9-13)10-21-18(25)19-22-17(23-30-19)11-24-14-5-3-4-6-16(14)29-20(24)26/h3-9H,10-11H2,1-2H3,(H,21,25). The molecule has 10 heteroatoms. The Morgan fingerprint density at radius 3 is 2.80 bits per heavy atom. The number of fused-ring (bicyclic) bond motifs is 1. The Morgan fingerprint density at radius 1 is 1.17 bits per heavy atom. The predicted molar refractivity (Wildman–Crippen MR) is 105 cm³/mol. The average Bonchev–Trinajstić information content (AvgIpc) is 3.36. The van der Waals surface area contributed by atoms with Crippen LogP contribution in [0.3, 0.4) is 0 Å². The number of ether oxygens (including phenoxy) is 2. The molecule has 2 heterocycles. The lowest BCUT2D eigenvalue weighted by Gasteiger charge is -2.10. The van der Waals surface area contributed by atoms with Crippen molar-refractivity contribution in [1.82, 2.24) is 20.0 Å². The zero-order valence-electron chi connectivity index (χ0n) is 16.2. The molecule has 0 saturated heterocycles. The van der Waals surface area contributed by atoms with Crippen molar-refractivity contribution < 1.29 is 23.2 Å². The minimum absolute atomic E-state index is 0.0103. The molecule has 10 nitrogen and oxygen atoms in total. The summed E-state index contributed by atoms with van der Waals surface area (Å²) >= 11 is 0. The average molecular weight is 410 g/mol. The van der Waals surface area contributed by atoms with E-state index in [-0.39, 0.29) is 24.8 Å². The van der Waals surface area contributed by atoms with Crippen molar-refractivity contribution >= 4 is 17.0 Å². The molecule has 154 valence electrons. The van der Waals surface area contributed by atoms with Crippen molar-refractivity contribution in [3.63, 3.8) is 0 Å². The summed E-state index contributed by atoms with van der Waals surface area (Å²) in [5.41, 5.74) is 1.78. The van der Waals surface area contributed by atoms with E-state index in [2.05, 4.69) is 15.5 Å². The van der Waals surface area contributed by atoms with Crippen LogP contribution in [0.4, 0.5) is 0 Å². The third-order valence-electron chi connectivity index (χ3n) is 4.46. The summed E-state index contributed by atoms with van der Waals surface area (Å²) in [6.45, 7) is 0.180. The Hall–Kier alpha value is -4.08. The summed E-state index contributed by atoms with van der Waals surface area (Å²) in [7, 11) is 3.09. The van der Waals surface area contributed by atoms with Crippen LogP contribution in [0.2, 0.25) is 0 Å². The van der Waals surface area contributed by atoms with Gasteiger partial charge in [-0.2, -0.15) is 4.98 Å². The smallest absolute Gasteiger partial charge is 0.420 e. The van der Waals surface area contributed by atoms with E-state index in [1.54, 1.807) is 56.7 Å². The highest BCUT2D eigenvalue weighted by molar-refractivity contribution is 5.89. The first-order valence-electron chi connectivity index (χ1n) is 8.99. The molecule has 0 radical (unpaired) electrons. The first-order chi connectivity index (χ1) is 14.6. The number of methoxy groups -OCH3 is 2. The van der Waals surface area contributed by atoms with E-state index < -0.39 is 11.7 Å². The molecule has 4 rings (SSSR count). The zero-order valence-corrected chi connectivity index (χ0v) is 16.2. The quantitative estimate of drug-likeness (QED) is 0.491. The van der Waals surface area contributed by atoms with Crippen LogP contribution in [0.15, 0.2) is 56.2 Å². The molecular weight excluding hydrogens is 392 g/mol. The second-order valence-electron chi connectivity index (χ2n) is 6.30. The second-order valence-corrected chi connectivity index (χ2v) is 6.30. The van der Waals surface area contributed by atoms with Crippen molar-refractivity contribution in [3.8, 4) is 11.5 Å². The molecule has 1 N–H and O–H groups in total. The number of oxazole rings is 1. The van der Waals surface area contributed by atoms with Crippen LogP contribution in [0, 0.1) is 0 Å². The van der Waals surface area contributed by atoms with Crippen LogP contribution in [0.25, 0.3) is 11.1 Å². The van der Waals surface area contributed by atoms with Crippen molar-refractivity contribution in [3.05, 3.63) is 70.3 Å². The molecule has 2 aromatic heterocycles. The fourth-order valence-corrected chi connectivity index (χ4v) is 2.99. The van der Waals surface area contributed by atoms with Gasteiger partial charge in [0.05, 0.1) is 26.3 Å². The fourth-order valence-electron chi connectivity index (χ4n) is 2.99. The van der Waals surface area contributed by atoms with E-state index >= 15 is 0 Å². The van der Waals surface area contributed by atoms with Gasteiger partial charge in [-0.05, 0) is 30.3 Å². The van der Waals surface area contributed by atoms with Crippen LogP contribution >= 0.6 is 0 Å². The molecule has 0 aliphatic carbocycles. The number of nitrogens with one attached hydrogen (secondary N) is 1. The van der Waals surface area contributed by atoms with Crippen molar-refractivity contribution in [2.75, 3.05) is 14.2 Å². The first-order valence-corrected chi connectivity index (χ1v) is 8.99. The number of carbonyl (C=O) groups excluding carboxylic acids is 1. The normalized spacial score (nSPS) is 10.9. The maximum atomic E-state index is 12.4. The lowest BCUT2D eigenvalue weighted by Crippen LogP contribution is -2.23. The molecule has 0 saturated carbocycles. The van der Waals surface area contributed by atoms with Gasteiger partial charge in [-0.15, -0.1) is 0 Å². The van der Waals surface area contributed by atoms with Crippen molar-refractivity contribution in [1.29, 1.82) is 0 Å². The number of carbonyl (C=O) groups is 1. The number of amides is 1. The van der Waals surface area contributed by atoms with E-state index in [0.717, 1.165) is 5.56 Å². The van der Waals surface area contributed by atoms with Crippen LogP contribution in [0.1, 0.15) is 22.1 Å². The van der Waals surface area contributed by atoms with E-state index in [0.29, 0.717) is 22.6 Å². The largest absolute Gasteiger partial charge is 0.497 e. The minimum Gasteiger partial charge on any atom is -0.497 e.